The van der Waals surface area contributed by atoms with E-state index in [2.05, 4.69) is 61.8 Å². The highest BCUT2D eigenvalue weighted by molar-refractivity contribution is 8.02. The highest BCUT2D eigenvalue weighted by atomic mass is 32.2. The van der Waals surface area contributed by atoms with E-state index in [0.717, 1.165) is 6.54 Å². The average Bonchev–Trinajstić information content (AvgIpc) is 2.34. The Balaban J connectivity index is 2.26. The van der Waals surface area contributed by atoms with E-state index in [1.807, 2.05) is 11.8 Å². The van der Waals surface area contributed by atoms with Gasteiger partial charge in [-0.25, -0.2) is 0 Å². The van der Waals surface area contributed by atoms with Crippen molar-refractivity contribution in [2.24, 2.45) is 0 Å². The van der Waals surface area contributed by atoms with Gasteiger partial charge in [-0.05, 0) is 56.0 Å². The second-order valence-electron chi connectivity index (χ2n) is 4.23. The summed E-state index contributed by atoms with van der Waals surface area (Å²) in [7, 11) is 0. The van der Waals surface area contributed by atoms with E-state index in [9.17, 15) is 0 Å². The smallest absolute Gasteiger partial charge is 0.0294 e. The van der Waals surface area contributed by atoms with Crippen LogP contribution in [0.1, 0.15) is 37.4 Å². The number of benzene rings is 1. The molecule has 0 aliphatic heterocycles. The first kappa shape index (κ1) is 14.3. The third-order valence-electron chi connectivity index (χ3n) is 2.78. The van der Waals surface area contributed by atoms with Gasteiger partial charge in [-0.3, -0.25) is 0 Å². The second kappa shape index (κ2) is 8.37. The molecular formula is C15H23NS. The van der Waals surface area contributed by atoms with Gasteiger partial charge in [-0.1, -0.05) is 30.3 Å². The van der Waals surface area contributed by atoms with Gasteiger partial charge in [-0.15, -0.1) is 11.8 Å². The molecular weight excluding hydrogens is 226 g/mol. The first-order valence-corrected chi connectivity index (χ1v) is 7.32. The molecule has 1 unspecified atom stereocenters. The van der Waals surface area contributed by atoms with E-state index in [1.54, 1.807) is 0 Å². The maximum absolute atomic E-state index is 3.58. The zero-order chi connectivity index (χ0) is 12.5. The summed E-state index contributed by atoms with van der Waals surface area (Å²) in [6.07, 6.45) is 3.30. The molecule has 0 aliphatic rings. The molecule has 17 heavy (non-hydrogen) atoms. The Hall–Kier alpha value is -0.730. The molecule has 0 bridgehead atoms. The highest BCUT2D eigenvalue weighted by Gasteiger charge is 2.05. The van der Waals surface area contributed by atoms with Crippen LogP contribution in [0.15, 0.2) is 35.7 Å². The SMILES string of the molecule is C/C=C\SCCCNC(C)c1ccccc1C. The van der Waals surface area contributed by atoms with Crippen molar-refractivity contribution in [1.29, 1.82) is 0 Å². The molecule has 1 aromatic carbocycles. The first-order chi connectivity index (χ1) is 8.25. The molecule has 0 aliphatic carbocycles. The number of allylic oxidation sites excluding steroid dienone is 1. The molecule has 0 aromatic heterocycles. The second-order valence-corrected chi connectivity index (χ2v) is 5.24. The molecule has 94 valence electrons. The van der Waals surface area contributed by atoms with E-state index in [0.29, 0.717) is 6.04 Å². The molecule has 0 saturated carbocycles. The van der Waals surface area contributed by atoms with E-state index in [4.69, 9.17) is 0 Å². The summed E-state index contributed by atoms with van der Waals surface area (Å²) in [6, 6.07) is 9.04. The molecule has 0 heterocycles. The number of hydrogen-bond acceptors (Lipinski definition) is 2. The summed E-state index contributed by atoms with van der Waals surface area (Å²) < 4.78 is 0. The predicted octanol–water partition coefficient (Wildman–Crippen LogP) is 4.30. The van der Waals surface area contributed by atoms with Gasteiger partial charge in [0.1, 0.15) is 0 Å². The minimum Gasteiger partial charge on any atom is -0.310 e. The molecule has 1 N–H and O–H groups in total. The highest BCUT2D eigenvalue weighted by Crippen LogP contribution is 2.16. The van der Waals surface area contributed by atoms with Gasteiger partial charge in [0.15, 0.2) is 0 Å². The Morgan fingerprint density at radius 2 is 2.12 bits per heavy atom. The lowest BCUT2D eigenvalue weighted by atomic mass is 10.0. The molecule has 0 fully saturated rings. The third kappa shape index (κ3) is 5.42. The Morgan fingerprint density at radius 1 is 1.35 bits per heavy atom. The van der Waals surface area contributed by atoms with Crippen molar-refractivity contribution in [2.45, 2.75) is 33.2 Å². The fraction of sp³-hybridized carbons (Fsp3) is 0.467. The van der Waals surface area contributed by atoms with Crippen molar-refractivity contribution in [1.82, 2.24) is 5.32 Å². The zero-order valence-electron chi connectivity index (χ0n) is 11.1. The summed E-state index contributed by atoms with van der Waals surface area (Å²) in [4.78, 5) is 0. The van der Waals surface area contributed by atoms with Crippen LogP contribution in [0, 0.1) is 6.92 Å². The maximum atomic E-state index is 3.58. The van der Waals surface area contributed by atoms with Crippen LogP contribution in [0.2, 0.25) is 0 Å². The lowest BCUT2D eigenvalue weighted by molar-refractivity contribution is 0.570. The van der Waals surface area contributed by atoms with Crippen LogP contribution < -0.4 is 5.32 Å². The average molecular weight is 249 g/mol. The Labute approximate surface area is 110 Å². The first-order valence-electron chi connectivity index (χ1n) is 6.27. The minimum absolute atomic E-state index is 0.447. The number of nitrogens with one attached hydrogen (secondary N) is 1. The van der Waals surface area contributed by atoms with E-state index in [-0.39, 0.29) is 0 Å². The summed E-state index contributed by atoms with van der Waals surface area (Å²) in [5, 5.41) is 5.74. The van der Waals surface area contributed by atoms with Crippen molar-refractivity contribution in [3.05, 3.63) is 46.9 Å². The number of hydrogen-bond donors (Lipinski definition) is 1. The maximum Gasteiger partial charge on any atom is 0.0294 e. The van der Waals surface area contributed by atoms with Crippen LogP contribution in [0.25, 0.3) is 0 Å². The Bertz CT molecular complexity index is 347. The van der Waals surface area contributed by atoms with Gasteiger partial charge < -0.3 is 5.32 Å². The minimum atomic E-state index is 0.447. The topological polar surface area (TPSA) is 12.0 Å². The van der Waals surface area contributed by atoms with Crippen LogP contribution in [0.5, 0.6) is 0 Å². The van der Waals surface area contributed by atoms with Crippen LogP contribution >= 0.6 is 11.8 Å². The van der Waals surface area contributed by atoms with Gasteiger partial charge in [-0.2, -0.15) is 0 Å². The van der Waals surface area contributed by atoms with Gasteiger partial charge in [0.05, 0.1) is 0 Å². The number of aryl methyl sites for hydroxylation is 1. The quantitative estimate of drug-likeness (QED) is 0.723. The van der Waals surface area contributed by atoms with E-state index >= 15 is 0 Å². The zero-order valence-corrected chi connectivity index (χ0v) is 11.9. The van der Waals surface area contributed by atoms with Crippen LogP contribution in [-0.2, 0) is 0 Å². The Morgan fingerprint density at radius 3 is 2.82 bits per heavy atom. The summed E-state index contributed by atoms with van der Waals surface area (Å²) in [6.45, 7) is 7.56. The van der Waals surface area contributed by atoms with Crippen LogP contribution in [0.4, 0.5) is 0 Å². The molecule has 0 saturated heterocycles. The Kier molecular flexibility index (Phi) is 7.06. The molecule has 1 rings (SSSR count). The summed E-state index contributed by atoms with van der Waals surface area (Å²) in [5.41, 5.74) is 2.78. The molecule has 1 nitrogen and oxygen atoms in total. The van der Waals surface area contributed by atoms with Crippen LogP contribution in [0.3, 0.4) is 0 Å². The molecule has 0 amide bonds. The van der Waals surface area contributed by atoms with Crippen molar-refractivity contribution in [3.63, 3.8) is 0 Å². The van der Waals surface area contributed by atoms with Crippen molar-refractivity contribution >= 4 is 11.8 Å². The number of rotatable bonds is 7. The van der Waals surface area contributed by atoms with Gasteiger partial charge in [0.2, 0.25) is 0 Å². The predicted molar refractivity (Wildman–Crippen MR) is 79.5 cm³/mol. The number of thioether (sulfide) groups is 1. The van der Waals surface area contributed by atoms with Gasteiger partial charge in [0, 0.05) is 6.04 Å². The van der Waals surface area contributed by atoms with E-state index in [1.165, 1.54) is 23.3 Å². The normalized spacial score (nSPS) is 13.1. The largest absolute Gasteiger partial charge is 0.310 e. The van der Waals surface area contributed by atoms with E-state index < -0.39 is 0 Å². The third-order valence-corrected chi connectivity index (χ3v) is 3.77. The molecule has 2 heteroatoms. The fourth-order valence-electron chi connectivity index (χ4n) is 1.82. The lowest BCUT2D eigenvalue weighted by Gasteiger charge is -2.16. The van der Waals surface area contributed by atoms with Gasteiger partial charge >= 0.3 is 0 Å². The van der Waals surface area contributed by atoms with Crippen molar-refractivity contribution in [3.8, 4) is 0 Å². The molecule has 0 radical (unpaired) electrons. The summed E-state index contributed by atoms with van der Waals surface area (Å²) >= 11 is 1.88. The van der Waals surface area contributed by atoms with Crippen molar-refractivity contribution < 1.29 is 0 Å². The van der Waals surface area contributed by atoms with Crippen molar-refractivity contribution in [2.75, 3.05) is 12.3 Å². The standard InChI is InChI=1S/C15H23NS/c1-4-11-17-12-7-10-16-14(3)15-9-6-5-8-13(15)2/h4-6,8-9,11,14,16H,7,10,12H2,1-3H3/b11-4-. The molecule has 1 aromatic rings. The monoisotopic (exact) mass is 249 g/mol. The van der Waals surface area contributed by atoms with Gasteiger partial charge in [0.25, 0.3) is 0 Å². The molecule has 0 spiro atoms. The fourth-order valence-corrected chi connectivity index (χ4v) is 2.46. The molecule has 1 atom stereocenters. The summed E-state index contributed by atoms with van der Waals surface area (Å²) in [5.74, 6) is 1.19. The van der Waals surface area contributed by atoms with Crippen LogP contribution in [-0.4, -0.2) is 12.3 Å². The lowest BCUT2D eigenvalue weighted by Crippen LogP contribution is -2.20.